The van der Waals surface area contributed by atoms with E-state index in [4.69, 9.17) is 16.0 Å². The summed E-state index contributed by atoms with van der Waals surface area (Å²) in [4.78, 5) is 0. The van der Waals surface area contributed by atoms with E-state index < -0.39 is 0 Å². The standard InChI is InChI=1S/C15H18ClNO/c1-11(8-13-4-3-5-14(16)9-13)17-10-15-7-6-12(2)18-15/h3-7,9,11,17H,8,10H2,1-2H3. The van der Waals surface area contributed by atoms with Crippen molar-refractivity contribution in [3.63, 3.8) is 0 Å². The molecule has 0 aliphatic rings. The Morgan fingerprint density at radius 3 is 2.78 bits per heavy atom. The fraction of sp³-hybridized carbons (Fsp3) is 0.333. The molecule has 0 bridgehead atoms. The van der Waals surface area contributed by atoms with Gasteiger partial charge in [-0.15, -0.1) is 0 Å². The fourth-order valence-electron chi connectivity index (χ4n) is 1.94. The third-order valence-electron chi connectivity index (χ3n) is 2.85. The summed E-state index contributed by atoms with van der Waals surface area (Å²) in [5.41, 5.74) is 1.25. The first kappa shape index (κ1) is 13.2. The van der Waals surface area contributed by atoms with E-state index >= 15 is 0 Å². The molecule has 0 spiro atoms. The van der Waals surface area contributed by atoms with Crippen LogP contribution in [-0.4, -0.2) is 6.04 Å². The van der Waals surface area contributed by atoms with E-state index in [1.54, 1.807) is 0 Å². The highest BCUT2D eigenvalue weighted by molar-refractivity contribution is 6.30. The largest absolute Gasteiger partial charge is 0.465 e. The fourth-order valence-corrected chi connectivity index (χ4v) is 2.16. The van der Waals surface area contributed by atoms with Crippen molar-refractivity contribution in [1.29, 1.82) is 0 Å². The lowest BCUT2D eigenvalue weighted by molar-refractivity contribution is 0.439. The number of hydrogen-bond acceptors (Lipinski definition) is 2. The average molecular weight is 264 g/mol. The van der Waals surface area contributed by atoms with Crippen LogP contribution in [0.1, 0.15) is 24.0 Å². The summed E-state index contributed by atoms with van der Waals surface area (Å²) in [6.45, 7) is 4.88. The predicted molar refractivity (Wildman–Crippen MR) is 74.9 cm³/mol. The summed E-state index contributed by atoms with van der Waals surface area (Å²) < 4.78 is 5.52. The number of halogens is 1. The van der Waals surface area contributed by atoms with Gasteiger partial charge in [-0.05, 0) is 50.1 Å². The molecule has 0 aliphatic heterocycles. The zero-order chi connectivity index (χ0) is 13.0. The molecule has 3 heteroatoms. The van der Waals surface area contributed by atoms with E-state index in [2.05, 4.69) is 18.3 Å². The number of rotatable bonds is 5. The van der Waals surface area contributed by atoms with Gasteiger partial charge in [0, 0.05) is 11.1 Å². The van der Waals surface area contributed by atoms with E-state index in [-0.39, 0.29) is 0 Å². The van der Waals surface area contributed by atoms with Gasteiger partial charge in [-0.3, -0.25) is 0 Å². The van der Waals surface area contributed by atoms with Gasteiger partial charge < -0.3 is 9.73 Å². The molecule has 1 heterocycles. The second kappa shape index (κ2) is 6.07. The van der Waals surface area contributed by atoms with Crippen molar-refractivity contribution >= 4 is 11.6 Å². The monoisotopic (exact) mass is 263 g/mol. The summed E-state index contributed by atoms with van der Waals surface area (Å²) in [5.74, 6) is 1.93. The van der Waals surface area contributed by atoms with Crippen LogP contribution in [0.15, 0.2) is 40.8 Å². The van der Waals surface area contributed by atoms with Crippen LogP contribution >= 0.6 is 11.6 Å². The summed E-state index contributed by atoms with van der Waals surface area (Å²) in [7, 11) is 0. The summed E-state index contributed by atoms with van der Waals surface area (Å²) >= 11 is 5.97. The van der Waals surface area contributed by atoms with Gasteiger partial charge in [-0.2, -0.15) is 0 Å². The van der Waals surface area contributed by atoms with E-state index in [9.17, 15) is 0 Å². The lowest BCUT2D eigenvalue weighted by Gasteiger charge is -2.13. The molecule has 2 aromatic rings. The highest BCUT2D eigenvalue weighted by Gasteiger charge is 2.05. The Balaban J connectivity index is 1.83. The Kier molecular flexibility index (Phi) is 4.45. The van der Waals surface area contributed by atoms with Gasteiger partial charge in [0.05, 0.1) is 6.54 Å². The van der Waals surface area contributed by atoms with E-state index in [0.29, 0.717) is 6.04 Å². The van der Waals surface area contributed by atoms with E-state index in [1.807, 2.05) is 37.3 Å². The minimum absolute atomic E-state index is 0.383. The molecule has 0 fully saturated rings. The topological polar surface area (TPSA) is 25.2 Å². The van der Waals surface area contributed by atoms with Gasteiger partial charge in [0.15, 0.2) is 0 Å². The van der Waals surface area contributed by atoms with Gasteiger partial charge in [0.1, 0.15) is 11.5 Å². The van der Waals surface area contributed by atoms with Gasteiger partial charge in [-0.1, -0.05) is 23.7 Å². The van der Waals surface area contributed by atoms with Crippen molar-refractivity contribution in [1.82, 2.24) is 5.32 Å². The molecule has 2 nitrogen and oxygen atoms in total. The van der Waals surface area contributed by atoms with Crippen LogP contribution in [0.2, 0.25) is 5.02 Å². The maximum absolute atomic E-state index is 5.97. The minimum atomic E-state index is 0.383. The Morgan fingerprint density at radius 1 is 1.28 bits per heavy atom. The Bertz CT molecular complexity index is 507. The highest BCUT2D eigenvalue weighted by Crippen LogP contribution is 2.12. The number of benzene rings is 1. The Hall–Kier alpha value is -1.25. The molecule has 2 rings (SSSR count). The SMILES string of the molecule is Cc1ccc(CNC(C)Cc2cccc(Cl)c2)o1. The molecule has 0 radical (unpaired) electrons. The number of hydrogen-bond donors (Lipinski definition) is 1. The molecule has 1 aromatic heterocycles. The first-order valence-electron chi connectivity index (χ1n) is 6.16. The lowest BCUT2D eigenvalue weighted by atomic mass is 10.1. The number of aryl methyl sites for hydroxylation is 1. The lowest BCUT2D eigenvalue weighted by Crippen LogP contribution is -2.27. The van der Waals surface area contributed by atoms with Crippen molar-refractivity contribution in [3.8, 4) is 0 Å². The van der Waals surface area contributed by atoms with Crippen molar-refractivity contribution in [2.75, 3.05) is 0 Å². The molecule has 1 aromatic carbocycles. The van der Waals surface area contributed by atoms with E-state index in [0.717, 1.165) is 29.5 Å². The molecule has 1 unspecified atom stereocenters. The third kappa shape index (κ3) is 3.90. The van der Waals surface area contributed by atoms with Crippen molar-refractivity contribution < 1.29 is 4.42 Å². The maximum atomic E-state index is 5.97. The first-order chi connectivity index (χ1) is 8.63. The van der Waals surface area contributed by atoms with E-state index in [1.165, 1.54) is 5.56 Å². The third-order valence-corrected chi connectivity index (χ3v) is 3.09. The van der Waals surface area contributed by atoms with Crippen LogP contribution in [0.3, 0.4) is 0 Å². The average Bonchev–Trinajstić information content (AvgIpc) is 2.73. The van der Waals surface area contributed by atoms with Crippen LogP contribution < -0.4 is 5.32 Å². The van der Waals surface area contributed by atoms with Crippen molar-refractivity contribution in [2.24, 2.45) is 0 Å². The Morgan fingerprint density at radius 2 is 2.11 bits per heavy atom. The molecule has 1 N–H and O–H groups in total. The number of nitrogens with one attached hydrogen (secondary N) is 1. The first-order valence-corrected chi connectivity index (χ1v) is 6.54. The quantitative estimate of drug-likeness (QED) is 0.883. The van der Waals surface area contributed by atoms with Crippen LogP contribution in [0, 0.1) is 6.92 Å². The molecule has 0 amide bonds. The zero-order valence-corrected chi connectivity index (χ0v) is 11.5. The maximum Gasteiger partial charge on any atom is 0.117 e. The van der Waals surface area contributed by atoms with Crippen LogP contribution in [0.5, 0.6) is 0 Å². The smallest absolute Gasteiger partial charge is 0.117 e. The molecule has 96 valence electrons. The second-order valence-electron chi connectivity index (χ2n) is 4.63. The number of furan rings is 1. The zero-order valence-electron chi connectivity index (χ0n) is 10.7. The Labute approximate surface area is 113 Å². The van der Waals surface area contributed by atoms with Crippen molar-refractivity contribution in [2.45, 2.75) is 32.9 Å². The molecular weight excluding hydrogens is 246 g/mol. The second-order valence-corrected chi connectivity index (χ2v) is 5.06. The van der Waals surface area contributed by atoms with Gasteiger partial charge in [-0.25, -0.2) is 0 Å². The van der Waals surface area contributed by atoms with Crippen LogP contribution in [0.4, 0.5) is 0 Å². The molecular formula is C15H18ClNO. The van der Waals surface area contributed by atoms with Crippen LogP contribution in [-0.2, 0) is 13.0 Å². The molecule has 0 aliphatic carbocycles. The summed E-state index contributed by atoms with van der Waals surface area (Å²) in [6, 6.07) is 12.4. The molecule has 18 heavy (non-hydrogen) atoms. The van der Waals surface area contributed by atoms with Crippen LogP contribution in [0.25, 0.3) is 0 Å². The molecule has 0 saturated carbocycles. The highest BCUT2D eigenvalue weighted by atomic mass is 35.5. The normalized spacial score (nSPS) is 12.6. The summed E-state index contributed by atoms with van der Waals surface area (Å²) in [6.07, 6.45) is 0.959. The van der Waals surface area contributed by atoms with Gasteiger partial charge in [0.25, 0.3) is 0 Å². The van der Waals surface area contributed by atoms with Gasteiger partial charge in [0.2, 0.25) is 0 Å². The van der Waals surface area contributed by atoms with Crippen molar-refractivity contribution in [3.05, 3.63) is 58.5 Å². The predicted octanol–water partition coefficient (Wildman–Crippen LogP) is 3.96. The molecule has 0 saturated heterocycles. The molecule has 1 atom stereocenters. The summed E-state index contributed by atoms with van der Waals surface area (Å²) in [5, 5.41) is 4.24. The minimum Gasteiger partial charge on any atom is -0.465 e. The van der Waals surface area contributed by atoms with Gasteiger partial charge >= 0.3 is 0 Å².